The second kappa shape index (κ2) is 9.28. The maximum Gasteiger partial charge on any atom is 0.256 e. The van der Waals surface area contributed by atoms with Crippen molar-refractivity contribution < 1.29 is 9.18 Å². The van der Waals surface area contributed by atoms with Crippen LogP contribution in [0.1, 0.15) is 33.0 Å². The summed E-state index contributed by atoms with van der Waals surface area (Å²) in [5.74, 6) is -1.93. The minimum Gasteiger partial charge on any atom is -0.322 e. The summed E-state index contributed by atoms with van der Waals surface area (Å²) in [5, 5.41) is 13.2. The number of anilines is 1. The van der Waals surface area contributed by atoms with Crippen LogP contribution in [0, 0.1) is 24.1 Å². The molecule has 1 N–H and O–H groups in total. The molecular formula is C22H14Cl3FN2OS. The molecule has 1 amide bonds. The number of nitriles is 1. The Balaban J connectivity index is 1.93. The van der Waals surface area contributed by atoms with E-state index in [0.717, 1.165) is 5.56 Å². The molecule has 3 aromatic rings. The first kappa shape index (κ1) is 22.5. The monoisotopic (exact) mass is 478 g/mol. The van der Waals surface area contributed by atoms with E-state index in [9.17, 15) is 14.4 Å². The first-order chi connectivity index (χ1) is 14.2. The Morgan fingerprint density at radius 3 is 2.40 bits per heavy atom. The number of carbonyl (C=O) groups is 1. The Kier molecular flexibility index (Phi) is 6.95. The number of benzene rings is 3. The number of hydrogen-bond donors (Lipinski definition) is 2. The normalized spacial score (nSPS) is 11.6. The van der Waals surface area contributed by atoms with E-state index in [-0.39, 0.29) is 15.5 Å². The largest absolute Gasteiger partial charge is 0.322 e. The molecule has 152 valence electrons. The average Bonchev–Trinajstić information content (AvgIpc) is 2.71. The number of halogens is 4. The van der Waals surface area contributed by atoms with Crippen LogP contribution >= 0.6 is 47.4 Å². The zero-order valence-corrected chi connectivity index (χ0v) is 18.7. The molecule has 0 fully saturated rings. The van der Waals surface area contributed by atoms with Crippen molar-refractivity contribution >= 4 is 59.0 Å². The zero-order chi connectivity index (χ0) is 22.0. The van der Waals surface area contributed by atoms with Crippen molar-refractivity contribution in [3.05, 3.63) is 91.7 Å². The van der Waals surface area contributed by atoms with Crippen molar-refractivity contribution in [2.45, 2.75) is 17.7 Å². The molecular weight excluding hydrogens is 466 g/mol. The minimum atomic E-state index is -0.766. The highest BCUT2D eigenvalue weighted by Crippen LogP contribution is 2.35. The lowest BCUT2D eigenvalue weighted by molar-refractivity contribution is 0.102. The number of nitrogens with one attached hydrogen (secondary N) is 1. The average molecular weight is 480 g/mol. The van der Waals surface area contributed by atoms with E-state index in [2.05, 4.69) is 24.0 Å². The quantitative estimate of drug-likeness (QED) is 0.386. The van der Waals surface area contributed by atoms with E-state index >= 15 is 0 Å². The SMILES string of the molecule is Cc1cc(C(C#N)c2ccc(Cl)cc2)c(Cl)cc1NC(=O)c1ccc(Cl)c(F)c1S. The summed E-state index contributed by atoms with van der Waals surface area (Å²) in [4.78, 5) is 12.5. The molecule has 3 rings (SSSR count). The van der Waals surface area contributed by atoms with Gasteiger partial charge >= 0.3 is 0 Å². The van der Waals surface area contributed by atoms with Crippen molar-refractivity contribution in [3.63, 3.8) is 0 Å². The number of rotatable bonds is 4. The van der Waals surface area contributed by atoms with Crippen LogP contribution < -0.4 is 5.32 Å². The number of aryl methyl sites for hydroxylation is 1. The van der Waals surface area contributed by atoms with Crippen molar-refractivity contribution in [1.29, 1.82) is 5.26 Å². The highest BCUT2D eigenvalue weighted by molar-refractivity contribution is 7.80. The fourth-order valence-electron chi connectivity index (χ4n) is 2.95. The van der Waals surface area contributed by atoms with Crippen LogP contribution in [0.2, 0.25) is 15.1 Å². The van der Waals surface area contributed by atoms with Gasteiger partial charge in [-0.15, -0.1) is 12.6 Å². The number of carbonyl (C=O) groups excluding carboxylic acids is 1. The summed E-state index contributed by atoms with van der Waals surface area (Å²) in [6.07, 6.45) is 0. The molecule has 0 bridgehead atoms. The summed E-state index contributed by atoms with van der Waals surface area (Å²) in [5.41, 5.74) is 2.51. The van der Waals surface area contributed by atoms with Crippen molar-refractivity contribution in [2.24, 2.45) is 0 Å². The molecule has 0 spiro atoms. The van der Waals surface area contributed by atoms with Gasteiger partial charge in [0.15, 0.2) is 5.82 Å². The molecule has 3 aromatic carbocycles. The van der Waals surface area contributed by atoms with Gasteiger partial charge in [0.1, 0.15) is 0 Å². The van der Waals surface area contributed by atoms with Gasteiger partial charge in [-0.1, -0.05) is 53.0 Å². The maximum atomic E-state index is 14.0. The molecule has 0 radical (unpaired) electrons. The number of thiol groups is 1. The fraction of sp³-hybridized carbons (Fsp3) is 0.0909. The van der Waals surface area contributed by atoms with E-state index in [4.69, 9.17) is 34.8 Å². The van der Waals surface area contributed by atoms with E-state index in [0.29, 0.717) is 26.9 Å². The van der Waals surface area contributed by atoms with E-state index in [1.54, 1.807) is 43.3 Å². The van der Waals surface area contributed by atoms with Gasteiger partial charge in [-0.05, 0) is 53.9 Å². The summed E-state index contributed by atoms with van der Waals surface area (Å²) in [6.45, 7) is 1.77. The fourth-order valence-corrected chi connectivity index (χ4v) is 3.87. The Morgan fingerprint density at radius 1 is 1.10 bits per heavy atom. The molecule has 3 nitrogen and oxygen atoms in total. The minimum absolute atomic E-state index is 0.0379. The third-order valence-corrected chi connectivity index (χ3v) is 5.86. The van der Waals surface area contributed by atoms with Gasteiger partial charge in [-0.25, -0.2) is 4.39 Å². The predicted molar refractivity (Wildman–Crippen MR) is 122 cm³/mol. The molecule has 1 unspecified atom stereocenters. The molecule has 1 atom stereocenters. The topological polar surface area (TPSA) is 52.9 Å². The second-order valence-corrected chi connectivity index (χ2v) is 8.21. The molecule has 0 aliphatic carbocycles. The first-order valence-corrected chi connectivity index (χ1v) is 10.2. The summed E-state index contributed by atoms with van der Waals surface area (Å²) >= 11 is 22.1. The van der Waals surface area contributed by atoms with Crippen LogP contribution in [0.4, 0.5) is 10.1 Å². The smallest absolute Gasteiger partial charge is 0.256 e. The Hall–Kier alpha value is -2.23. The van der Waals surface area contributed by atoms with Gasteiger partial charge in [0, 0.05) is 15.7 Å². The van der Waals surface area contributed by atoms with Gasteiger partial charge in [0.05, 0.1) is 27.5 Å². The highest BCUT2D eigenvalue weighted by atomic mass is 35.5. The van der Waals surface area contributed by atoms with Gasteiger partial charge in [0.25, 0.3) is 5.91 Å². The number of amides is 1. The molecule has 0 saturated carbocycles. The Labute approximate surface area is 193 Å². The number of hydrogen-bond acceptors (Lipinski definition) is 3. The van der Waals surface area contributed by atoms with Crippen LogP contribution in [0.15, 0.2) is 53.4 Å². The lowest BCUT2D eigenvalue weighted by atomic mass is 9.91. The van der Waals surface area contributed by atoms with E-state index < -0.39 is 17.6 Å². The Bertz CT molecular complexity index is 1180. The summed E-state index contributed by atoms with van der Waals surface area (Å²) in [6, 6.07) is 15.2. The molecule has 0 saturated heterocycles. The predicted octanol–water partition coefficient (Wildman–Crippen LogP) is 7.29. The van der Waals surface area contributed by atoms with E-state index in [1.165, 1.54) is 12.1 Å². The van der Waals surface area contributed by atoms with Crippen LogP contribution in [0.25, 0.3) is 0 Å². The van der Waals surface area contributed by atoms with Gasteiger partial charge in [0.2, 0.25) is 0 Å². The highest BCUT2D eigenvalue weighted by Gasteiger charge is 2.20. The first-order valence-electron chi connectivity index (χ1n) is 8.66. The van der Waals surface area contributed by atoms with Crippen molar-refractivity contribution in [2.75, 3.05) is 5.32 Å². The van der Waals surface area contributed by atoms with Crippen LogP contribution in [-0.4, -0.2) is 5.91 Å². The molecule has 0 aromatic heterocycles. The van der Waals surface area contributed by atoms with Crippen LogP contribution in [0.5, 0.6) is 0 Å². The molecule has 8 heteroatoms. The second-order valence-electron chi connectivity index (χ2n) is 6.51. The third kappa shape index (κ3) is 4.58. The van der Waals surface area contributed by atoms with Crippen LogP contribution in [-0.2, 0) is 0 Å². The maximum absolute atomic E-state index is 14.0. The Morgan fingerprint density at radius 2 is 1.77 bits per heavy atom. The standard InChI is InChI=1S/C22H14Cl3FN2OS/c1-11-8-15(16(10-27)12-2-4-13(23)5-3-12)18(25)9-19(11)28-22(29)14-6-7-17(24)20(26)21(14)30/h2-9,16,30H,1H3,(H,28,29). The summed E-state index contributed by atoms with van der Waals surface area (Å²) in [7, 11) is 0. The lowest BCUT2D eigenvalue weighted by Gasteiger charge is -2.16. The molecule has 0 aliphatic heterocycles. The number of nitrogens with zero attached hydrogens (tertiary/aromatic N) is 1. The van der Waals surface area contributed by atoms with Crippen molar-refractivity contribution in [3.8, 4) is 6.07 Å². The molecule has 0 aliphatic rings. The molecule has 30 heavy (non-hydrogen) atoms. The molecule has 0 heterocycles. The van der Waals surface area contributed by atoms with Gasteiger partial charge < -0.3 is 5.32 Å². The van der Waals surface area contributed by atoms with Gasteiger partial charge in [-0.2, -0.15) is 5.26 Å². The zero-order valence-electron chi connectivity index (χ0n) is 15.5. The van der Waals surface area contributed by atoms with Crippen molar-refractivity contribution in [1.82, 2.24) is 0 Å². The van der Waals surface area contributed by atoms with E-state index in [1.807, 2.05) is 0 Å². The third-order valence-electron chi connectivity index (χ3n) is 4.55. The summed E-state index contributed by atoms with van der Waals surface area (Å²) < 4.78 is 14.0. The lowest BCUT2D eigenvalue weighted by Crippen LogP contribution is -2.14. The van der Waals surface area contributed by atoms with Gasteiger partial charge in [-0.3, -0.25) is 4.79 Å². The van der Waals surface area contributed by atoms with Crippen LogP contribution in [0.3, 0.4) is 0 Å².